The summed E-state index contributed by atoms with van der Waals surface area (Å²) in [6.45, 7) is 5.67. The largest absolute Gasteiger partial charge is 0.357 e. The molecule has 1 amide bonds. The Morgan fingerprint density at radius 1 is 1.30 bits per heavy atom. The molecule has 0 bridgehead atoms. The van der Waals surface area contributed by atoms with Gasteiger partial charge in [0.25, 0.3) is 0 Å². The second kappa shape index (κ2) is 6.26. The number of hydrogen-bond acceptors (Lipinski definition) is 3. The molecule has 1 unspecified atom stereocenters. The summed E-state index contributed by atoms with van der Waals surface area (Å²) >= 11 is 0. The first-order chi connectivity index (χ1) is 9.22. The van der Waals surface area contributed by atoms with Crippen molar-refractivity contribution < 1.29 is 13.2 Å². The monoisotopic (exact) mass is 298 g/mol. The van der Waals surface area contributed by atoms with Gasteiger partial charge in [-0.05, 0) is 43.5 Å². The highest BCUT2D eigenvalue weighted by Gasteiger charge is 2.30. The van der Waals surface area contributed by atoms with Crippen molar-refractivity contribution in [2.24, 2.45) is 0 Å². The average molecular weight is 298 g/mol. The lowest BCUT2D eigenvalue weighted by Gasteiger charge is -2.30. The minimum absolute atomic E-state index is 0.309. The van der Waals surface area contributed by atoms with Crippen molar-refractivity contribution in [1.29, 1.82) is 0 Å². The number of aryl methyl sites for hydroxylation is 2. The number of hydrogen-bond donors (Lipinski definition) is 1. The molecule has 0 heterocycles. The van der Waals surface area contributed by atoms with Gasteiger partial charge in [-0.15, -0.1) is 0 Å². The summed E-state index contributed by atoms with van der Waals surface area (Å²) in [4.78, 5) is 11.9. The number of sulfonamides is 1. The first-order valence-corrected chi connectivity index (χ1v) is 8.35. The van der Waals surface area contributed by atoms with Crippen molar-refractivity contribution in [3.05, 3.63) is 29.3 Å². The van der Waals surface area contributed by atoms with Crippen LogP contribution in [-0.4, -0.2) is 33.7 Å². The Hall–Kier alpha value is -1.56. The van der Waals surface area contributed by atoms with Gasteiger partial charge in [0.1, 0.15) is 6.04 Å². The number of nitrogens with one attached hydrogen (secondary N) is 1. The van der Waals surface area contributed by atoms with Gasteiger partial charge in [-0.1, -0.05) is 13.0 Å². The van der Waals surface area contributed by atoms with E-state index in [0.29, 0.717) is 12.1 Å². The van der Waals surface area contributed by atoms with E-state index in [2.05, 4.69) is 5.32 Å². The zero-order valence-electron chi connectivity index (χ0n) is 12.6. The van der Waals surface area contributed by atoms with Gasteiger partial charge in [-0.25, -0.2) is 8.42 Å². The summed E-state index contributed by atoms with van der Waals surface area (Å²) in [5, 5.41) is 2.52. The summed E-state index contributed by atoms with van der Waals surface area (Å²) in [6.07, 6.45) is 1.52. The lowest BCUT2D eigenvalue weighted by atomic mass is 10.1. The molecule has 5 nitrogen and oxygen atoms in total. The third kappa shape index (κ3) is 3.50. The number of anilines is 1. The molecule has 0 aliphatic heterocycles. The van der Waals surface area contributed by atoms with E-state index in [9.17, 15) is 13.2 Å². The smallest absolute Gasteiger partial charge is 0.243 e. The predicted molar refractivity (Wildman–Crippen MR) is 81.4 cm³/mol. The predicted octanol–water partition coefficient (Wildman–Crippen LogP) is 1.59. The summed E-state index contributed by atoms with van der Waals surface area (Å²) in [7, 11) is -2.04. The van der Waals surface area contributed by atoms with E-state index in [0.717, 1.165) is 17.4 Å². The molecule has 0 radical (unpaired) electrons. The number of likely N-dealkylation sites (N-methyl/N-ethyl adjacent to an activating group) is 1. The van der Waals surface area contributed by atoms with E-state index in [1.807, 2.05) is 19.9 Å². The average Bonchev–Trinajstić information content (AvgIpc) is 2.37. The van der Waals surface area contributed by atoms with Crippen LogP contribution in [-0.2, 0) is 14.8 Å². The molecule has 1 aromatic carbocycles. The SMILES string of the molecule is CCC(C(=O)NC)N(c1ccc(C)c(C)c1)S(C)(=O)=O. The Balaban J connectivity index is 3.39. The van der Waals surface area contributed by atoms with E-state index in [-0.39, 0.29) is 5.91 Å². The van der Waals surface area contributed by atoms with Crippen LogP contribution in [0.25, 0.3) is 0 Å². The van der Waals surface area contributed by atoms with E-state index >= 15 is 0 Å². The van der Waals surface area contributed by atoms with Crippen molar-refractivity contribution >= 4 is 21.6 Å². The first kappa shape index (κ1) is 16.5. The molecule has 20 heavy (non-hydrogen) atoms. The summed E-state index contributed by atoms with van der Waals surface area (Å²) in [5.74, 6) is -0.309. The van der Waals surface area contributed by atoms with Crippen LogP contribution in [0, 0.1) is 13.8 Å². The zero-order valence-corrected chi connectivity index (χ0v) is 13.4. The second-order valence-electron chi connectivity index (χ2n) is 4.87. The normalized spacial score (nSPS) is 12.8. The van der Waals surface area contributed by atoms with Crippen molar-refractivity contribution in [2.75, 3.05) is 17.6 Å². The highest BCUT2D eigenvalue weighted by molar-refractivity contribution is 7.92. The maximum Gasteiger partial charge on any atom is 0.243 e. The fourth-order valence-electron chi connectivity index (χ4n) is 2.09. The van der Waals surface area contributed by atoms with Crippen molar-refractivity contribution in [2.45, 2.75) is 33.2 Å². The molecular weight excluding hydrogens is 276 g/mol. The highest BCUT2D eigenvalue weighted by Crippen LogP contribution is 2.24. The summed E-state index contributed by atoms with van der Waals surface area (Å²) in [5.41, 5.74) is 2.59. The van der Waals surface area contributed by atoms with Gasteiger partial charge in [-0.3, -0.25) is 9.10 Å². The molecule has 6 heteroatoms. The molecule has 0 spiro atoms. The van der Waals surface area contributed by atoms with Crippen LogP contribution >= 0.6 is 0 Å². The van der Waals surface area contributed by atoms with Crippen LogP contribution in [0.1, 0.15) is 24.5 Å². The standard InChI is InChI=1S/C14H22N2O3S/c1-6-13(14(17)15-4)16(20(5,18)19)12-8-7-10(2)11(3)9-12/h7-9,13H,6H2,1-5H3,(H,15,17). The van der Waals surface area contributed by atoms with Gasteiger partial charge >= 0.3 is 0 Å². The number of rotatable bonds is 5. The van der Waals surface area contributed by atoms with Gasteiger partial charge in [0.05, 0.1) is 11.9 Å². The Kier molecular flexibility index (Phi) is 5.16. The van der Waals surface area contributed by atoms with Crippen LogP contribution in [0.15, 0.2) is 18.2 Å². The molecule has 0 saturated heterocycles. The highest BCUT2D eigenvalue weighted by atomic mass is 32.2. The van der Waals surface area contributed by atoms with Crippen LogP contribution in [0.3, 0.4) is 0 Å². The molecule has 0 saturated carbocycles. The van der Waals surface area contributed by atoms with Gasteiger partial charge in [0.15, 0.2) is 0 Å². The minimum atomic E-state index is -3.54. The Morgan fingerprint density at radius 3 is 2.30 bits per heavy atom. The number of carbonyl (C=O) groups is 1. The first-order valence-electron chi connectivity index (χ1n) is 6.50. The number of carbonyl (C=O) groups excluding carboxylic acids is 1. The van der Waals surface area contributed by atoms with E-state index < -0.39 is 16.1 Å². The van der Waals surface area contributed by atoms with Crippen molar-refractivity contribution in [1.82, 2.24) is 5.32 Å². The van der Waals surface area contributed by atoms with Crippen LogP contribution < -0.4 is 9.62 Å². The Bertz CT molecular complexity index is 596. The Labute approximate surface area is 121 Å². The lowest BCUT2D eigenvalue weighted by molar-refractivity contribution is -0.121. The van der Waals surface area contributed by atoms with Crippen molar-refractivity contribution in [3.63, 3.8) is 0 Å². The fourth-order valence-corrected chi connectivity index (χ4v) is 3.29. The van der Waals surface area contributed by atoms with Gasteiger partial charge < -0.3 is 5.32 Å². The molecule has 1 rings (SSSR count). The van der Waals surface area contributed by atoms with Crippen LogP contribution in [0.5, 0.6) is 0 Å². The quantitative estimate of drug-likeness (QED) is 0.898. The van der Waals surface area contributed by atoms with Gasteiger partial charge in [0, 0.05) is 7.05 Å². The second-order valence-corrected chi connectivity index (χ2v) is 6.73. The van der Waals surface area contributed by atoms with Gasteiger partial charge in [0.2, 0.25) is 15.9 Å². The Morgan fingerprint density at radius 2 is 1.90 bits per heavy atom. The summed E-state index contributed by atoms with van der Waals surface area (Å²) < 4.78 is 25.4. The number of nitrogens with zero attached hydrogens (tertiary/aromatic N) is 1. The molecule has 1 N–H and O–H groups in total. The van der Waals surface area contributed by atoms with Crippen LogP contribution in [0.4, 0.5) is 5.69 Å². The van der Waals surface area contributed by atoms with E-state index in [1.54, 1.807) is 19.1 Å². The maximum atomic E-state index is 12.1. The molecule has 1 atom stereocenters. The third-order valence-electron chi connectivity index (χ3n) is 3.32. The lowest BCUT2D eigenvalue weighted by Crippen LogP contribution is -2.48. The molecule has 1 aromatic rings. The number of amides is 1. The molecule has 0 aliphatic rings. The maximum absolute atomic E-state index is 12.1. The van der Waals surface area contributed by atoms with E-state index in [4.69, 9.17) is 0 Å². The van der Waals surface area contributed by atoms with E-state index in [1.165, 1.54) is 11.4 Å². The summed E-state index contributed by atoms with van der Waals surface area (Å²) in [6, 6.07) is 4.65. The molecule has 112 valence electrons. The van der Waals surface area contributed by atoms with Gasteiger partial charge in [-0.2, -0.15) is 0 Å². The molecule has 0 aromatic heterocycles. The van der Waals surface area contributed by atoms with Crippen molar-refractivity contribution in [3.8, 4) is 0 Å². The molecular formula is C14H22N2O3S. The van der Waals surface area contributed by atoms with Crippen LogP contribution in [0.2, 0.25) is 0 Å². The molecule has 0 fully saturated rings. The minimum Gasteiger partial charge on any atom is -0.357 e. The number of benzene rings is 1. The third-order valence-corrected chi connectivity index (χ3v) is 4.50. The fraction of sp³-hybridized carbons (Fsp3) is 0.500. The zero-order chi connectivity index (χ0) is 15.5. The topological polar surface area (TPSA) is 66.5 Å². The molecule has 0 aliphatic carbocycles.